The fourth-order valence-electron chi connectivity index (χ4n) is 1.09. The Morgan fingerprint density at radius 1 is 1.29 bits per heavy atom. The molecule has 0 heterocycles. The van der Waals surface area contributed by atoms with Crippen LogP contribution in [-0.2, 0) is 14.6 Å². The minimum absolute atomic E-state index is 0.674. The SMILES string of the molecule is CC(C)C(N)(C(=O)O)S(=O)(=O)C(C)C. The summed E-state index contributed by atoms with van der Waals surface area (Å²) in [5.74, 6) is -2.17. The van der Waals surface area contributed by atoms with Gasteiger partial charge in [-0.25, -0.2) is 13.2 Å². The average Bonchev–Trinajstić information content (AvgIpc) is 2.01. The van der Waals surface area contributed by atoms with E-state index in [9.17, 15) is 13.2 Å². The summed E-state index contributed by atoms with van der Waals surface area (Å²) >= 11 is 0. The molecule has 0 aliphatic rings. The summed E-state index contributed by atoms with van der Waals surface area (Å²) in [6.45, 7) is 5.80. The Morgan fingerprint density at radius 3 is 1.71 bits per heavy atom. The molecular formula is C8H17NO4S. The van der Waals surface area contributed by atoms with Gasteiger partial charge < -0.3 is 10.8 Å². The number of hydrogen-bond acceptors (Lipinski definition) is 4. The molecular weight excluding hydrogens is 206 g/mol. The van der Waals surface area contributed by atoms with Crippen LogP contribution in [0, 0.1) is 5.92 Å². The Kier molecular flexibility index (Phi) is 3.69. The summed E-state index contributed by atoms with van der Waals surface area (Å²) in [6, 6.07) is 0. The van der Waals surface area contributed by atoms with Crippen LogP contribution in [0.4, 0.5) is 0 Å². The normalized spacial score (nSPS) is 17.1. The molecule has 0 amide bonds. The lowest BCUT2D eigenvalue weighted by molar-refractivity contribution is -0.141. The second-order valence-corrected chi connectivity index (χ2v) is 6.56. The standard InChI is InChI=1S/C8H17NO4S/c1-5(2)8(9,7(10)11)14(12,13)6(3)4/h5-6H,9H2,1-4H3,(H,10,11). The molecule has 0 spiro atoms. The summed E-state index contributed by atoms with van der Waals surface area (Å²) < 4.78 is 23.5. The first-order valence-electron chi connectivity index (χ1n) is 4.34. The zero-order valence-electron chi connectivity index (χ0n) is 8.81. The molecule has 5 nitrogen and oxygen atoms in total. The van der Waals surface area contributed by atoms with Crippen molar-refractivity contribution in [1.29, 1.82) is 0 Å². The van der Waals surface area contributed by atoms with Crippen molar-refractivity contribution in [2.24, 2.45) is 11.7 Å². The largest absolute Gasteiger partial charge is 0.479 e. The molecule has 14 heavy (non-hydrogen) atoms. The van der Waals surface area contributed by atoms with Gasteiger partial charge in [0, 0.05) is 0 Å². The van der Waals surface area contributed by atoms with Crippen molar-refractivity contribution in [2.75, 3.05) is 0 Å². The molecule has 0 radical (unpaired) electrons. The van der Waals surface area contributed by atoms with Crippen LogP contribution in [0.25, 0.3) is 0 Å². The van der Waals surface area contributed by atoms with Gasteiger partial charge >= 0.3 is 5.97 Å². The Balaban J connectivity index is 5.58. The lowest BCUT2D eigenvalue weighted by Crippen LogP contribution is -2.60. The van der Waals surface area contributed by atoms with E-state index in [1.165, 1.54) is 27.7 Å². The maximum atomic E-state index is 11.7. The molecule has 0 aliphatic heterocycles. The highest BCUT2D eigenvalue weighted by Crippen LogP contribution is 2.25. The Hall–Kier alpha value is -0.620. The lowest BCUT2D eigenvalue weighted by Gasteiger charge is -2.30. The van der Waals surface area contributed by atoms with E-state index in [-0.39, 0.29) is 0 Å². The number of rotatable bonds is 4. The second kappa shape index (κ2) is 3.86. The van der Waals surface area contributed by atoms with Gasteiger partial charge in [-0.3, -0.25) is 0 Å². The van der Waals surface area contributed by atoms with Gasteiger partial charge in [0.25, 0.3) is 0 Å². The molecule has 0 aromatic rings. The Labute approximate surface area is 84.2 Å². The topological polar surface area (TPSA) is 97.5 Å². The third-order valence-electron chi connectivity index (χ3n) is 2.28. The highest BCUT2D eigenvalue weighted by molar-refractivity contribution is 7.94. The van der Waals surface area contributed by atoms with Crippen LogP contribution in [-0.4, -0.2) is 29.6 Å². The number of carboxylic acid groups (broad SMARTS) is 1. The highest BCUT2D eigenvalue weighted by atomic mass is 32.2. The molecule has 6 heteroatoms. The highest BCUT2D eigenvalue weighted by Gasteiger charge is 2.51. The fourth-order valence-corrected chi connectivity index (χ4v) is 2.77. The van der Waals surface area contributed by atoms with Gasteiger partial charge in [0.1, 0.15) is 0 Å². The zero-order valence-corrected chi connectivity index (χ0v) is 9.63. The first kappa shape index (κ1) is 13.4. The summed E-state index contributed by atoms with van der Waals surface area (Å²) in [6.07, 6.45) is 0. The summed E-state index contributed by atoms with van der Waals surface area (Å²) in [4.78, 5) is 8.72. The van der Waals surface area contributed by atoms with Gasteiger partial charge in [-0.05, 0) is 19.8 Å². The van der Waals surface area contributed by atoms with E-state index in [4.69, 9.17) is 10.8 Å². The van der Waals surface area contributed by atoms with Crippen molar-refractivity contribution in [3.63, 3.8) is 0 Å². The molecule has 0 aromatic carbocycles. The van der Waals surface area contributed by atoms with E-state index in [0.29, 0.717) is 0 Å². The monoisotopic (exact) mass is 223 g/mol. The number of sulfone groups is 1. The van der Waals surface area contributed by atoms with Crippen LogP contribution in [0.2, 0.25) is 0 Å². The first-order valence-corrected chi connectivity index (χ1v) is 5.88. The Bertz CT molecular complexity index is 320. The van der Waals surface area contributed by atoms with Crippen molar-refractivity contribution in [3.05, 3.63) is 0 Å². The molecule has 0 fully saturated rings. The quantitative estimate of drug-likeness (QED) is 0.709. The van der Waals surface area contributed by atoms with E-state index in [0.717, 1.165) is 0 Å². The van der Waals surface area contributed by atoms with Gasteiger partial charge in [-0.1, -0.05) is 13.8 Å². The molecule has 0 aromatic heterocycles. The number of carboxylic acids is 1. The van der Waals surface area contributed by atoms with Crippen molar-refractivity contribution in [3.8, 4) is 0 Å². The molecule has 1 atom stereocenters. The van der Waals surface area contributed by atoms with Gasteiger partial charge in [0.05, 0.1) is 5.25 Å². The van der Waals surface area contributed by atoms with E-state index in [1.807, 2.05) is 0 Å². The number of carbonyl (C=O) groups is 1. The minimum atomic E-state index is -3.86. The summed E-state index contributed by atoms with van der Waals surface area (Å²) in [5, 5.41) is 8.08. The maximum Gasteiger partial charge on any atom is 0.339 e. The predicted octanol–water partition coefficient (Wildman–Crippen LogP) is 0.205. The van der Waals surface area contributed by atoms with Crippen LogP contribution in [0.15, 0.2) is 0 Å². The van der Waals surface area contributed by atoms with Gasteiger partial charge in [-0.2, -0.15) is 0 Å². The molecule has 84 valence electrons. The van der Waals surface area contributed by atoms with Crippen molar-refractivity contribution < 1.29 is 18.3 Å². The van der Waals surface area contributed by atoms with Crippen LogP contribution < -0.4 is 5.73 Å². The van der Waals surface area contributed by atoms with Crippen molar-refractivity contribution >= 4 is 15.8 Å². The number of hydrogen-bond donors (Lipinski definition) is 2. The van der Waals surface area contributed by atoms with Crippen LogP contribution in [0.1, 0.15) is 27.7 Å². The third-order valence-corrected chi connectivity index (χ3v) is 5.11. The van der Waals surface area contributed by atoms with E-state index in [2.05, 4.69) is 0 Å². The number of aliphatic carboxylic acids is 1. The number of nitrogens with two attached hydrogens (primary N) is 1. The van der Waals surface area contributed by atoms with Crippen LogP contribution in [0.3, 0.4) is 0 Å². The fraction of sp³-hybridized carbons (Fsp3) is 0.875. The van der Waals surface area contributed by atoms with Gasteiger partial charge in [0.15, 0.2) is 9.84 Å². The Morgan fingerprint density at radius 2 is 1.64 bits per heavy atom. The predicted molar refractivity (Wildman–Crippen MR) is 53.4 cm³/mol. The van der Waals surface area contributed by atoms with Gasteiger partial charge in [-0.15, -0.1) is 0 Å². The molecule has 0 aliphatic carbocycles. The van der Waals surface area contributed by atoms with Crippen molar-refractivity contribution in [1.82, 2.24) is 0 Å². The lowest BCUT2D eigenvalue weighted by atomic mass is 10.1. The summed E-state index contributed by atoms with van der Waals surface area (Å²) in [7, 11) is -3.86. The third kappa shape index (κ3) is 1.76. The smallest absolute Gasteiger partial charge is 0.339 e. The zero-order chi connectivity index (χ0) is 11.7. The minimum Gasteiger partial charge on any atom is -0.479 e. The molecule has 0 saturated carbocycles. The maximum absolute atomic E-state index is 11.7. The van der Waals surface area contributed by atoms with E-state index >= 15 is 0 Å². The van der Waals surface area contributed by atoms with Gasteiger partial charge in [0.2, 0.25) is 4.87 Å². The molecule has 3 N–H and O–H groups in total. The first-order chi connectivity index (χ1) is 6.08. The molecule has 0 saturated heterocycles. The average molecular weight is 223 g/mol. The van der Waals surface area contributed by atoms with Crippen molar-refractivity contribution in [2.45, 2.75) is 37.8 Å². The van der Waals surface area contributed by atoms with E-state index < -0.39 is 31.8 Å². The molecule has 1 unspecified atom stereocenters. The van der Waals surface area contributed by atoms with E-state index in [1.54, 1.807) is 0 Å². The van der Waals surface area contributed by atoms with Crippen LogP contribution in [0.5, 0.6) is 0 Å². The molecule has 0 bridgehead atoms. The van der Waals surface area contributed by atoms with Crippen LogP contribution >= 0.6 is 0 Å². The summed E-state index contributed by atoms with van der Waals surface area (Å²) in [5.41, 5.74) is 5.47. The molecule has 0 rings (SSSR count). The second-order valence-electron chi connectivity index (χ2n) is 3.85.